The molecule has 0 aliphatic heterocycles. The minimum atomic E-state index is -0.347. The van der Waals surface area contributed by atoms with Crippen molar-refractivity contribution in [3.8, 4) is 0 Å². The molecule has 1 aromatic rings. The van der Waals surface area contributed by atoms with Gasteiger partial charge >= 0.3 is 5.97 Å². The van der Waals surface area contributed by atoms with Gasteiger partial charge in [0.25, 0.3) is 0 Å². The van der Waals surface area contributed by atoms with E-state index in [-0.39, 0.29) is 5.97 Å². The summed E-state index contributed by atoms with van der Waals surface area (Å²) in [5, 5.41) is 0. The van der Waals surface area contributed by atoms with Gasteiger partial charge in [-0.05, 0) is 37.5 Å². The standard InChI is InChI=1S/C12H17NO2/c1-4-9-6-7-10(11(13)8(9)3)12(14)15-5-2/h6-7H,4-5,13H2,1-3H3. The van der Waals surface area contributed by atoms with Crippen LogP contribution in [0.2, 0.25) is 0 Å². The first-order valence-corrected chi connectivity index (χ1v) is 5.16. The smallest absolute Gasteiger partial charge is 0.340 e. The van der Waals surface area contributed by atoms with E-state index in [0.29, 0.717) is 17.9 Å². The van der Waals surface area contributed by atoms with Crippen LogP contribution < -0.4 is 5.73 Å². The van der Waals surface area contributed by atoms with Gasteiger partial charge in [0.05, 0.1) is 12.2 Å². The van der Waals surface area contributed by atoms with E-state index in [9.17, 15) is 4.79 Å². The number of ether oxygens (including phenoxy) is 1. The summed E-state index contributed by atoms with van der Waals surface area (Å²) in [6, 6.07) is 3.66. The normalized spacial score (nSPS) is 10.1. The van der Waals surface area contributed by atoms with Crippen molar-refractivity contribution in [3.05, 3.63) is 28.8 Å². The minimum absolute atomic E-state index is 0.347. The summed E-state index contributed by atoms with van der Waals surface area (Å²) in [6.45, 7) is 6.14. The molecule has 0 aromatic heterocycles. The van der Waals surface area contributed by atoms with Gasteiger partial charge in [-0.3, -0.25) is 0 Å². The maximum Gasteiger partial charge on any atom is 0.340 e. The lowest BCUT2D eigenvalue weighted by Gasteiger charge is -2.11. The zero-order valence-electron chi connectivity index (χ0n) is 9.46. The zero-order valence-corrected chi connectivity index (χ0v) is 9.46. The number of rotatable bonds is 3. The summed E-state index contributed by atoms with van der Waals surface area (Å²) in [6.07, 6.45) is 0.916. The fraction of sp³-hybridized carbons (Fsp3) is 0.417. The number of benzene rings is 1. The van der Waals surface area contributed by atoms with Crippen LogP contribution in [-0.4, -0.2) is 12.6 Å². The van der Waals surface area contributed by atoms with Crippen LogP contribution in [0.5, 0.6) is 0 Å². The van der Waals surface area contributed by atoms with Crippen molar-refractivity contribution in [3.63, 3.8) is 0 Å². The molecule has 15 heavy (non-hydrogen) atoms. The molecule has 3 nitrogen and oxygen atoms in total. The van der Waals surface area contributed by atoms with Gasteiger partial charge in [0.1, 0.15) is 0 Å². The lowest BCUT2D eigenvalue weighted by molar-refractivity contribution is 0.0527. The molecule has 0 aliphatic rings. The molecule has 2 N–H and O–H groups in total. The molecule has 0 radical (unpaired) electrons. The predicted octanol–water partition coefficient (Wildman–Crippen LogP) is 2.32. The number of anilines is 1. The second-order valence-electron chi connectivity index (χ2n) is 3.38. The number of aryl methyl sites for hydroxylation is 1. The molecular formula is C12H17NO2. The van der Waals surface area contributed by atoms with Crippen LogP contribution in [-0.2, 0) is 11.2 Å². The maximum atomic E-state index is 11.5. The number of carbonyl (C=O) groups excluding carboxylic acids is 1. The lowest BCUT2D eigenvalue weighted by atomic mass is 10.0. The van der Waals surface area contributed by atoms with Crippen molar-refractivity contribution in [2.24, 2.45) is 0 Å². The molecule has 0 fully saturated rings. The Morgan fingerprint density at radius 2 is 2.07 bits per heavy atom. The average molecular weight is 207 g/mol. The van der Waals surface area contributed by atoms with Gasteiger partial charge in [-0.15, -0.1) is 0 Å². The van der Waals surface area contributed by atoms with Crippen molar-refractivity contribution < 1.29 is 9.53 Å². The van der Waals surface area contributed by atoms with Crippen molar-refractivity contribution >= 4 is 11.7 Å². The molecule has 0 heterocycles. The SMILES string of the molecule is CCOC(=O)c1ccc(CC)c(C)c1N. The number of nitrogen functional groups attached to an aromatic ring is 1. The number of hydrogen-bond acceptors (Lipinski definition) is 3. The van der Waals surface area contributed by atoms with E-state index < -0.39 is 0 Å². The van der Waals surface area contributed by atoms with E-state index in [1.807, 2.05) is 13.0 Å². The third kappa shape index (κ3) is 2.29. The number of esters is 1. The molecule has 0 saturated heterocycles. The first-order valence-electron chi connectivity index (χ1n) is 5.16. The summed E-state index contributed by atoms with van der Waals surface area (Å²) in [7, 11) is 0. The molecule has 0 aliphatic carbocycles. The molecule has 3 heteroatoms. The zero-order chi connectivity index (χ0) is 11.4. The molecule has 0 unspecified atom stereocenters. The quantitative estimate of drug-likeness (QED) is 0.611. The Morgan fingerprint density at radius 3 is 2.60 bits per heavy atom. The summed E-state index contributed by atoms with van der Waals surface area (Å²) in [5.74, 6) is -0.347. The fourth-order valence-corrected chi connectivity index (χ4v) is 1.54. The van der Waals surface area contributed by atoms with Crippen LogP contribution in [0.1, 0.15) is 35.3 Å². The molecule has 0 saturated carbocycles. The highest BCUT2D eigenvalue weighted by atomic mass is 16.5. The van der Waals surface area contributed by atoms with Crippen molar-refractivity contribution in [2.75, 3.05) is 12.3 Å². The molecule has 0 bridgehead atoms. The monoisotopic (exact) mass is 207 g/mol. The van der Waals surface area contributed by atoms with Gasteiger partial charge in [-0.2, -0.15) is 0 Å². The summed E-state index contributed by atoms with van der Waals surface area (Å²) in [5.41, 5.74) is 9.03. The van der Waals surface area contributed by atoms with Crippen molar-refractivity contribution in [2.45, 2.75) is 27.2 Å². The highest BCUT2D eigenvalue weighted by molar-refractivity contribution is 5.96. The first-order chi connectivity index (χ1) is 7.11. The van der Waals surface area contributed by atoms with Crippen LogP contribution in [0.15, 0.2) is 12.1 Å². The summed E-state index contributed by atoms with van der Waals surface area (Å²) >= 11 is 0. The lowest BCUT2D eigenvalue weighted by Crippen LogP contribution is -2.10. The Balaban J connectivity index is 3.11. The molecule has 1 aromatic carbocycles. The first kappa shape index (κ1) is 11.6. The maximum absolute atomic E-state index is 11.5. The largest absolute Gasteiger partial charge is 0.462 e. The van der Waals surface area contributed by atoms with E-state index in [4.69, 9.17) is 10.5 Å². The molecule has 1 rings (SSSR count). The Hall–Kier alpha value is -1.51. The van der Waals surface area contributed by atoms with Crippen molar-refractivity contribution in [1.82, 2.24) is 0 Å². The van der Waals surface area contributed by atoms with Crippen LogP contribution in [0.25, 0.3) is 0 Å². The van der Waals surface area contributed by atoms with E-state index in [0.717, 1.165) is 12.0 Å². The van der Waals surface area contributed by atoms with Crippen molar-refractivity contribution in [1.29, 1.82) is 0 Å². The molecular weight excluding hydrogens is 190 g/mol. The van der Waals surface area contributed by atoms with E-state index in [2.05, 4.69) is 6.92 Å². The number of hydrogen-bond donors (Lipinski definition) is 1. The minimum Gasteiger partial charge on any atom is -0.462 e. The van der Waals surface area contributed by atoms with E-state index in [1.165, 1.54) is 5.56 Å². The van der Waals surface area contributed by atoms with Crippen LogP contribution >= 0.6 is 0 Å². The average Bonchev–Trinajstić information content (AvgIpc) is 2.22. The molecule has 0 amide bonds. The Bertz CT molecular complexity index is 372. The number of carbonyl (C=O) groups is 1. The topological polar surface area (TPSA) is 52.3 Å². The van der Waals surface area contributed by atoms with E-state index >= 15 is 0 Å². The third-order valence-corrected chi connectivity index (χ3v) is 2.50. The van der Waals surface area contributed by atoms with Crippen LogP contribution in [0, 0.1) is 6.92 Å². The van der Waals surface area contributed by atoms with Gasteiger partial charge in [-0.25, -0.2) is 4.79 Å². The summed E-state index contributed by atoms with van der Waals surface area (Å²) < 4.78 is 4.92. The second-order valence-corrected chi connectivity index (χ2v) is 3.38. The Kier molecular flexibility index (Phi) is 3.72. The van der Waals surface area contributed by atoms with Gasteiger partial charge in [-0.1, -0.05) is 13.0 Å². The third-order valence-electron chi connectivity index (χ3n) is 2.50. The molecule has 0 spiro atoms. The summed E-state index contributed by atoms with van der Waals surface area (Å²) in [4.78, 5) is 11.5. The van der Waals surface area contributed by atoms with Crippen LogP contribution in [0.3, 0.4) is 0 Å². The predicted molar refractivity (Wildman–Crippen MR) is 60.9 cm³/mol. The van der Waals surface area contributed by atoms with E-state index in [1.54, 1.807) is 13.0 Å². The highest BCUT2D eigenvalue weighted by Crippen LogP contribution is 2.22. The number of nitrogens with two attached hydrogens (primary N) is 1. The fourth-order valence-electron chi connectivity index (χ4n) is 1.54. The molecule has 82 valence electrons. The van der Waals surface area contributed by atoms with Gasteiger partial charge < -0.3 is 10.5 Å². The second kappa shape index (κ2) is 4.82. The van der Waals surface area contributed by atoms with Crippen LogP contribution in [0.4, 0.5) is 5.69 Å². The Labute approximate surface area is 90.2 Å². The molecule has 0 atom stereocenters. The Morgan fingerprint density at radius 1 is 1.40 bits per heavy atom. The van der Waals surface area contributed by atoms with Gasteiger partial charge in [0.2, 0.25) is 0 Å². The van der Waals surface area contributed by atoms with Gasteiger partial charge in [0.15, 0.2) is 0 Å². The highest BCUT2D eigenvalue weighted by Gasteiger charge is 2.13. The van der Waals surface area contributed by atoms with Gasteiger partial charge in [0, 0.05) is 5.69 Å².